The number of nitrogens with one attached hydrogen (secondary N) is 2. The second-order valence-corrected chi connectivity index (χ2v) is 7.89. The molecule has 0 aliphatic heterocycles. The van der Waals surface area contributed by atoms with Crippen molar-refractivity contribution in [2.75, 3.05) is 26.2 Å². The Morgan fingerprint density at radius 2 is 2.19 bits per heavy atom. The molecule has 2 N–H and O–H groups in total. The van der Waals surface area contributed by atoms with Gasteiger partial charge in [-0.15, -0.1) is 16.4 Å². The lowest BCUT2D eigenvalue weighted by Crippen LogP contribution is -3.11. The van der Waals surface area contributed by atoms with Gasteiger partial charge in [0.05, 0.1) is 25.0 Å². The number of carbonyl (C=O) groups excluding carboxylic acids is 1. The summed E-state index contributed by atoms with van der Waals surface area (Å²) in [7, 11) is 0. The fourth-order valence-electron chi connectivity index (χ4n) is 3.71. The molecule has 0 spiro atoms. The molecule has 1 aliphatic carbocycles. The van der Waals surface area contributed by atoms with Crippen LogP contribution in [0.2, 0.25) is 0 Å². The topological polar surface area (TPSA) is 76.6 Å². The van der Waals surface area contributed by atoms with Gasteiger partial charge in [0.15, 0.2) is 5.65 Å². The minimum absolute atomic E-state index is 0.205. The second-order valence-electron chi connectivity index (χ2n) is 6.80. The summed E-state index contributed by atoms with van der Waals surface area (Å²) in [4.78, 5) is 25.4. The van der Waals surface area contributed by atoms with Gasteiger partial charge in [-0.3, -0.25) is 4.79 Å². The molecule has 1 amide bonds. The number of amides is 1. The Bertz CT molecular complexity index is 942. The Kier molecular flexibility index (Phi) is 4.86. The van der Waals surface area contributed by atoms with Crippen LogP contribution in [0.15, 0.2) is 6.33 Å². The molecule has 8 heteroatoms. The fourth-order valence-corrected chi connectivity index (χ4v) is 4.94. The van der Waals surface area contributed by atoms with Gasteiger partial charge in [0.2, 0.25) is 5.82 Å². The highest BCUT2D eigenvalue weighted by atomic mass is 32.1. The number of carbonyl (C=O) groups is 1. The van der Waals surface area contributed by atoms with E-state index in [2.05, 4.69) is 34.2 Å². The Labute approximate surface area is 156 Å². The number of fused-ring (bicyclic) bond motifs is 5. The van der Waals surface area contributed by atoms with E-state index in [9.17, 15) is 4.79 Å². The molecule has 7 nitrogen and oxygen atoms in total. The summed E-state index contributed by atoms with van der Waals surface area (Å²) in [5.41, 5.74) is 2.11. The zero-order chi connectivity index (χ0) is 18.1. The van der Waals surface area contributed by atoms with E-state index < -0.39 is 0 Å². The number of nitrogens with zero attached hydrogens (tertiary/aromatic N) is 4. The Morgan fingerprint density at radius 3 is 3.00 bits per heavy atom. The molecule has 0 atom stereocenters. The molecule has 138 valence electrons. The summed E-state index contributed by atoms with van der Waals surface area (Å²) in [5, 5.41) is 8.38. The van der Waals surface area contributed by atoms with Gasteiger partial charge in [-0.25, -0.2) is 14.5 Å². The number of aromatic nitrogens is 4. The molecule has 0 radical (unpaired) electrons. The Balaban J connectivity index is 1.50. The van der Waals surface area contributed by atoms with Crippen LogP contribution in [0, 0.1) is 0 Å². The first kappa shape index (κ1) is 17.4. The highest BCUT2D eigenvalue weighted by molar-refractivity contribution is 7.19. The summed E-state index contributed by atoms with van der Waals surface area (Å²) in [5.74, 6) is 0.0238. The zero-order valence-electron chi connectivity index (χ0n) is 15.3. The van der Waals surface area contributed by atoms with Crippen molar-refractivity contribution < 1.29 is 9.69 Å². The third-order valence-electron chi connectivity index (χ3n) is 5.24. The number of quaternary nitrogens is 1. The predicted octanol–water partition coefficient (Wildman–Crippen LogP) is 0.872. The summed E-state index contributed by atoms with van der Waals surface area (Å²) in [6.07, 6.45) is 6.00. The standard InChI is InChI=1S/C18H24N6OS/c1-3-23(4-2)10-6-9-19-17(25)15-21-16-14-12-7-5-8-13(12)26-18(14)20-11-24(16)22-15/h11H,3-10H2,1-2H3,(H,19,25)/p+1. The predicted molar refractivity (Wildman–Crippen MR) is 102 cm³/mol. The fraction of sp³-hybridized carbons (Fsp3) is 0.556. The Morgan fingerprint density at radius 1 is 1.35 bits per heavy atom. The van der Waals surface area contributed by atoms with Crippen molar-refractivity contribution in [1.29, 1.82) is 0 Å². The molecule has 0 bridgehead atoms. The molecule has 1 aliphatic rings. The van der Waals surface area contributed by atoms with Crippen molar-refractivity contribution >= 4 is 33.1 Å². The van der Waals surface area contributed by atoms with Gasteiger partial charge < -0.3 is 10.2 Å². The van der Waals surface area contributed by atoms with Crippen LogP contribution in [0.1, 0.15) is 47.7 Å². The molecule has 0 saturated carbocycles. The summed E-state index contributed by atoms with van der Waals surface area (Å²) in [6.45, 7) is 8.33. The van der Waals surface area contributed by atoms with E-state index in [0.29, 0.717) is 6.54 Å². The number of hydrogen-bond donors (Lipinski definition) is 2. The van der Waals surface area contributed by atoms with Gasteiger partial charge >= 0.3 is 0 Å². The molecule has 26 heavy (non-hydrogen) atoms. The van der Waals surface area contributed by atoms with Gasteiger partial charge in [-0.2, -0.15) is 0 Å². The van der Waals surface area contributed by atoms with Crippen molar-refractivity contribution in [3.63, 3.8) is 0 Å². The molecule has 4 rings (SSSR count). The van der Waals surface area contributed by atoms with E-state index in [1.807, 2.05) is 0 Å². The van der Waals surface area contributed by atoms with E-state index in [1.165, 1.54) is 16.9 Å². The van der Waals surface area contributed by atoms with Crippen molar-refractivity contribution in [1.82, 2.24) is 24.9 Å². The lowest BCUT2D eigenvalue weighted by Gasteiger charge is -2.14. The van der Waals surface area contributed by atoms with Crippen LogP contribution in [0.3, 0.4) is 0 Å². The molecule has 0 saturated heterocycles. The normalized spacial score (nSPS) is 13.8. The molecular formula is C18H25N6OS+. The van der Waals surface area contributed by atoms with Gasteiger partial charge in [-0.05, 0) is 38.7 Å². The Hall–Kier alpha value is -2.06. The highest BCUT2D eigenvalue weighted by Gasteiger charge is 2.23. The maximum atomic E-state index is 12.4. The van der Waals surface area contributed by atoms with Crippen LogP contribution < -0.4 is 10.2 Å². The van der Waals surface area contributed by atoms with Gasteiger partial charge in [-0.1, -0.05) is 0 Å². The minimum atomic E-state index is -0.205. The lowest BCUT2D eigenvalue weighted by molar-refractivity contribution is -0.896. The van der Waals surface area contributed by atoms with E-state index in [1.54, 1.807) is 27.1 Å². The van der Waals surface area contributed by atoms with Crippen LogP contribution in [0.4, 0.5) is 0 Å². The number of aryl methyl sites for hydroxylation is 2. The van der Waals surface area contributed by atoms with Crippen LogP contribution >= 0.6 is 11.3 Å². The molecule has 3 aromatic rings. The number of thiophene rings is 1. The smallest absolute Gasteiger partial charge is 0.290 e. The minimum Gasteiger partial charge on any atom is -0.349 e. The van der Waals surface area contributed by atoms with Crippen LogP contribution in [0.5, 0.6) is 0 Å². The second kappa shape index (κ2) is 7.28. The first-order valence-corrected chi connectivity index (χ1v) is 10.3. The maximum Gasteiger partial charge on any atom is 0.290 e. The largest absolute Gasteiger partial charge is 0.349 e. The average Bonchev–Trinajstić information content (AvgIpc) is 3.34. The summed E-state index contributed by atoms with van der Waals surface area (Å²) < 4.78 is 1.64. The molecule has 0 unspecified atom stereocenters. The van der Waals surface area contributed by atoms with Crippen molar-refractivity contribution in [3.8, 4) is 0 Å². The molecule has 3 heterocycles. The van der Waals surface area contributed by atoms with E-state index in [4.69, 9.17) is 0 Å². The maximum absolute atomic E-state index is 12.4. The van der Waals surface area contributed by atoms with Crippen molar-refractivity contribution in [3.05, 3.63) is 22.6 Å². The van der Waals surface area contributed by atoms with Crippen molar-refractivity contribution in [2.24, 2.45) is 0 Å². The first-order chi connectivity index (χ1) is 12.7. The van der Waals surface area contributed by atoms with Gasteiger partial charge in [0.1, 0.15) is 11.2 Å². The summed E-state index contributed by atoms with van der Waals surface area (Å²) >= 11 is 1.75. The van der Waals surface area contributed by atoms with E-state index in [0.717, 1.165) is 54.8 Å². The van der Waals surface area contributed by atoms with E-state index in [-0.39, 0.29) is 11.7 Å². The zero-order valence-corrected chi connectivity index (χ0v) is 16.2. The SMILES string of the molecule is CC[NH+](CC)CCCNC(=O)c1nc2c3c4c(sc3ncn2n1)CCC4. The number of hydrogen-bond acceptors (Lipinski definition) is 5. The van der Waals surface area contributed by atoms with Crippen molar-refractivity contribution in [2.45, 2.75) is 39.5 Å². The monoisotopic (exact) mass is 373 g/mol. The quantitative estimate of drug-likeness (QED) is 0.603. The van der Waals surface area contributed by atoms with Crippen LogP contribution in [-0.2, 0) is 12.8 Å². The lowest BCUT2D eigenvalue weighted by atomic mass is 10.2. The van der Waals surface area contributed by atoms with Crippen LogP contribution in [0.25, 0.3) is 15.9 Å². The third kappa shape index (κ3) is 3.07. The summed E-state index contributed by atoms with van der Waals surface area (Å²) in [6, 6.07) is 0. The van der Waals surface area contributed by atoms with Crippen LogP contribution in [-0.4, -0.2) is 51.7 Å². The molecule has 0 aromatic carbocycles. The molecule has 3 aromatic heterocycles. The molecular weight excluding hydrogens is 348 g/mol. The highest BCUT2D eigenvalue weighted by Crippen LogP contribution is 2.37. The van der Waals surface area contributed by atoms with Gasteiger partial charge in [0.25, 0.3) is 5.91 Å². The average molecular weight is 374 g/mol. The number of rotatable bonds is 7. The third-order valence-corrected chi connectivity index (χ3v) is 6.44. The first-order valence-electron chi connectivity index (χ1n) is 9.48. The van der Waals surface area contributed by atoms with E-state index >= 15 is 0 Å². The van der Waals surface area contributed by atoms with Gasteiger partial charge in [0, 0.05) is 17.8 Å². The molecule has 0 fully saturated rings.